The molecule has 1 N–H and O–H groups in total. The number of nitrogens with one attached hydrogen (secondary N) is 1. The first kappa shape index (κ1) is 13.1. The molecule has 1 unspecified atom stereocenters. The van der Waals surface area contributed by atoms with Gasteiger partial charge in [-0.25, -0.2) is 0 Å². The molecule has 104 valence electrons. The molecule has 2 aromatic rings. The molecule has 1 saturated heterocycles. The smallest absolute Gasteiger partial charge is 0.0583 e. The molecule has 1 aliphatic heterocycles. The number of aromatic nitrogens is 1. The van der Waals surface area contributed by atoms with Crippen molar-refractivity contribution in [3.63, 3.8) is 0 Å². The molecular weight excluding hydrogens is 246 g/mol. The van der Waals surface area contributed by atoms with Gasteiger partial charge in [0.2, 0.25) is 0 Å². The monoisotopic (exact) mass is 267 g/mol. The van der Waals surface area contributed by atoms with Crippen molar-refractivity contribution in [2.24, 2.45) is 0 Å². The van der Waals surface area contributed by atoms with Crippen LogP contribution in [0.15, 0.2) is 48.8 Å². The van der Waals surface area contributed by atoms with Crippen molar-refractivity contribution >= 4 is 5.69 Å². The van der Waals surface area contributed by atoms with E-state index in [1.54, 1.807) is 0 Å². The molecule has 3 nitrogen and oxygen atoms in total. The Morgan fingerprint density at radius 3 is 2.90 bits per heavy atom. The van der Waals surface area contributed by atoms with Crippen LogP contribution in [0.2, 0.25) is 0 Å². The van der Waals surface area contributed by atoms with E-state index in [0.717, 1.165) is 26.1 Å². The van der Waals surface area contributed by atoms with Crippen molar-refractivity contribution in [1.82, 2.24) is 10.3 Å². The average molecular weight is 267 g/mol. The van der Waals surface area contributed by atoms with Gasteiger partial charge in [-0.1, -0.05) is 30.3 Å². The van der Waals surface area contributed by atoms with Gasteiger partial charge in [0.05, 0.1) is 11.9 Å². The minimum absolute atomic E-state index is 0.505. The first-order valence-corrected chi connectivity index (χ1v) is 7.26. The lowest BCUT2D eigenvalue weighted by Gasteiger charge is -2.36. The lowest BCUT2D eigenvalue weighted by Crippen LogP contribution is -2.51. The van der Waals surface area contributed by atoms with Crippen LogP contribution in [0.5, 0.6) is 0 Å². The molecule has 1 aliphatic rings. The molecule has 0 amide bonds. The number of hydrogen-bond acceptors (Lipinski definition) is 3. The zero-order valence-corrected chi connectivity index (χ0v) is 11.9. The highest BCUT2D eigenvalue weighted by Gasteiger charge is 2.20. The summed E-state index contributed by atoms with van der Waals surface area (Å²) in [5.41, 5.74) is 3.97. The van der Waals surface area contributed by atoms with Crippen molar-refractivity contribution in [3.05, 3.63) is 59.9 Å². The van der Waals surface area contributed by atoms with Crippen LogP contribution in [0.3, 0.4) is 0 Å². The van der Waals surface area contributed by atoms with Gasteiger partial charge in [-0.3, -0.25) is 4.98 Å². The van der Waals surface area contributed by atoms with Crippen LogP contribution in [-0.2, 0) is 6.42 Å². The van der Waals surface area contributed by atoms with E-state index in [4.69, 9.17) is 0 Å². The number of pyridine rings is 1. The van der Waals surface area contributed by atoms with Crippen LogP contribution in [0.25, 0.3) is 0 Å². The minimum atomic E-state index is 0.505. The molecule has 0 aliphatic carbocycles. The molecule has 0 radical (unpaired) electrons. The van der Waals surface area contributed by atoms with Gasteiger partial charge in [0, 0.05) is 31.9 Å². The predicted octanol–water partition coefficient (Wildman–Crippen LogP) is 2.41. The van der Waals surface area contributed by atoms with Crippen LogP contribution < -0.4 is 10.2 Å². The summed E-state index contributed by atoms with van der Waals surface area (Å²) in [7, 11) is 0. The van der Waals surface area contributed by atoms with Gasteiger partial charge in [-0.15, -0.1) is 0 Å². The number of piperazine rings is 1. The Morgan fingerprint density at radius 2 is 2.10 bits per heavy atom. The van der Waals surface area contributed by atoms with Gasteiger partial charge in [0.1, 0.15) is 0 Å². The Hall–Kier alpha value is -1.87. The number of benzene rings is 1. The number of rotatable bonds is 3. The van der Waals surface area contributed by atoms with E-state index < -0.39 is 0 Å². The lowest BCUT2D eigenvalue weighted by molar-refractivity contribution is 0.454. The standard InChI is InChI=1S/C17H21N3/c1-14-7-8-18-12-17(14)20-10-9-19-16(13-20)11-15-5-3-2-4-6-15/h2-8,12,16,19H,9-11,13H2,1H3. The maximum Gasteiger partial charge on any atom is 0.0583 e. The maximum atomic E-state index is 4.27. The topological polar surface area (TPSA) is 28.2 Å². The van der Waals surface area contributed by atoms with E-state index in [9.17, 15) is 0 Å². The van der Waals surface area contributed by atoms with Gasteiger partial charge in [-0.2, -0.15) is 0 Å². The summed E-state index contributed by atoms with van der Waals surface area (Å²) < 4.78 is 0. The third-order valence-electron chi connectivity index (χ3n) is 3.93. The first-order valence-electron chi connectivity index (χ1n) is 7.26. The summed E-state index contributed by atoms with van der Waals surface area (Å²) in [6.07, 6.45) is 4.93. The Morgan fingerprint density at radius 1 is 1.25 bits per heavy atom. The van der Waals surface area contributed by atoms with Gasteiger partial charge in [0.15, 0.2) is 0 Å². The molecule has 0 saturated carbocycles. The highest BCUT2D eigenvalue weighted by molar-refractivity contribution is 5.51. The fraction of sp³-hybridized carbons (Fsp3) is 0.353. The summed E-state index contributed by atoms with van der Waals surface area (Å²) in [6.45, 7) is 5.29. The first-order chi connectivity index (χ1) is 9.83. The van der Waals surface area contributed by atoms with E-state index in [0.29, 0.717) is 6.04 Å². The maximum absolute atomic E-state index is 4.27. The van der Waals surface area contributed by atoms with Crippen LogP contribution in [0.4, 0.5) is 5.69 Å². The second-order valence-electron chi connectivity index (χ2n) is 5.45. The average Bonchev–Trinajstić information content (AvgIpc) is 2.49. The Labute approximate surface area is 120 Å². The van der Waals surface area contributed by atoms with E-state index in [1.165, 1.54) is 16.8 Å². The lowest BCUT2D eigenvalue weighted by atomic mass is 10.0. The molecule has 3 rings (SSSR count). The third-order valence-corrected chi connectivity index (χ3v) is 3.93. The number of nitrogens with zero attached hydrogens (tertiary/aromatic N) is 2. The molecule has 20 heavy (non-hydrogen) atoms. The van der Waals surface area contributed by atoms with Crippen LogP contribution >= 0.6 is 0 Å². The molecule has 0 bridgehead atoms. The number of hydrogen-bond donors (Lipinski definition) is 1. The summed E-state index contributed by atoms with van der Waals surface area (Å²) in [6, 6.07) is 13.3. The Balaban J connectivity index is 1.69. The molecule has 3 heteroatoms. The summed E-state index contributed by atoms with van der Waals surface area (Å²) in [5.74, 6) is 0. The molecule has 0 spiro atoms. The largest absolute Gasteiger partial charge is 0.367 e. The van der Waals surface area contributed by atoms with E-state index in [2.05, 4.69) is 58.5 Å². The SMILES string of the molecule is Cc1ccncc1N1CCNC(Cc2ccccc2)C1. The summed E-state index contributed by atoms with van der Waals surface area (Å²) >= 11 is 0. The highest BCUT2D eigenvalue weighted by atomic mass is 15.2. The second-order valence-corrected chi connectivity index (χ2v) is 5.45. The van der Waals surface area contributed by atoms with E-state index in [1.807, 2.05) is 12.4 Å². The van der Waals surface area contributed by atoms with Crippen molar-refractivity contribution in [3.8, 4) is 0 Å². The minimum Gasteiger partial charge on any atom is -0.367 e. The van der Waals surface area contributed by atoms with Gasteiger partial charge < -0.3 is 10.2 Å². The van der Waals surface area contributed by atoms with Crippen molar-refractivity contribution in [2.75, 3.05) is 24.5 Å². The molecular formula is C17H21N3. The third kappa shape index (κ3) is 2.99. The predicted molar refractivity (Wildman–Crippen MR) is 83.1 cm³/mol. The molecule has 1 fully saturated rings. The van der Waals surface area contributed by atoms with E-state index >= 15 is 0 Å². The molecule has 2 heterocycles. The Bertz CT molecular complexity index is 553. The van der Waals surface area contributed by atoms with Gasteiger partial charge in [0.25, 0.3) is 0 Å². The zero-order valence-electron chi connectivity index (χ0n) is 11.9. The summed E-state index contributed by atoms with van der Waals surface area (Å²) in [4.78, 5) is 6.72. The van der Waals surface area contributed by atoms with Crippen molar-refractivity contribution in [2.45, 2.75) is 19.4 Å². The van der Waals surface area contributed by atoms with E-state index in [-0.39, 0.29) is 0 Å². The van der Waals surface area contributed by atoms with Crippen molar-refractivity contribution < 1.29 is 0 Å². The van der Waals surface area contributed by atoms with Crippen LogP contribution in [0.1, 0.15) is 11.1 Å². The molecule has 1 aromatic carbocycles. The Kier molecular flexibility index (Phi) is 3.97. The fourth-order valence-electron chi connectivity index (χ4n) is 2.87. The quantitative estimate of drug-likeness (QED) is 0.925. The second kappa shape index (κ2) is 6.06. The molecule has 1 aromatic heterocycles. The zero-order chi connectivity index (χ0) is 13.8. The molecule has 1 atom stereocenters. The van der Waals surface area contributed by atoms with Crippen molar-refractivity contribution in [1.29, 1.82) is 0 Å². The van der Waals surface area contributed by atoms with Gasteiger partial charge >= 0.3 is 0 Å². The fourth-order valence-corrected chi connectivity index (χ4v) is 2.87. The number of aryl methyl sites for hydroxylation is 1. The van der Waals surface area contributed by atoms with Crippen LogP contribution in [-0.4, -0.2) is 30.7 Å². The normalized spacial score (nSPS) is 19.1. The summed E-state index contributed by atoms with van der Waals surface area (Å²) in [5, 5.41) is 3.62. The van der Waals surface area contributed by atoms with Gasteiger partial charge in [-0.05, 0) is 30.5 Å². The highest BCUT2D eigenvalue weighted by Crippen LogP contribution is 2.20. The van der Waals surface area contributed by atoms with Crippen LogP contribution in [0, 0.1) is 6.92 Å². The number of anilines is 1.